The zero-order chi connectivity index (χ0) is 12.7. The monoisotopic (exact) mass is 234 g/mol. The number of hydrogen-bond donors (Lipinski definition) is 1. The molecule has 3 nitrogen and oxygen atoms in total. The molecule has 3 heteroatoms. The molecule has 0 bridgehead atoms. The molecular weight excluding hydrogens is 212 g/mol. The van der Waals surface area contributed by atoms with Crippen molar-refractivity contribution in [2.24, 2.45) is 0 Å². The number of rotatable bonds is 6. The highest BCUT2D eigenvalue weighted by Gasteiger charge is 2.12. The zero-order valence-corrected chi connectivity index (χ0v) is 10.9. The summed E-state index contributed by atoms with van der Waals surface area (Å²) in [6, 6.07) is 10.7. The fourth-order valence-corrected chi connectivity index (χ4v) is 1.68. The molecule has 1 aromatic rings. The maximum atomic E-state index is 11.3. The Morgan fingerprint density at radius 2 is 1.94 bits per heavy atom. The molecule has 0 aliphatic heterocycles. The van der Waals surface area contributed by atoms with Gasteiger partial charge in [-0.15, -0.1) is 0 Å². The maximum absolute atomic E-state index is 11.3. The van der Waals surface area contributed by atoms with Crippen molar-refractivity contribution in [3.05, 3.63) is 35.9 Å². The van der Waals surface area contributed by atoms with Gasteiger partial charge in [0, 0.05) is 19.0 Å². The molecule has 17 heavy (non-hydrogen) atoms. The van der Waals surface area contributed by atoms with Crippen LogP contribution in [0.3, 0.4) is 0 Å². The SMILES string of the molecule is CCC(=O)NC[C@H](Cc1ccccc1)N(C)C. The third-order valence-corrected chi connectivity index (χ3v) is 2.90. The summed E-state index contributed by atoms with van der Waals surface area (Å²) >= 11 is 0. The van der Waals surface area contributed by atoms with Crippen LogP contribution >= 0.6 is 0 Å². The number of likely N-dealkylation sites (N-methyl/N-ethyl adjacent to an activating group) is 1. The Kier molecular flexibility index (Phi) is 5.70. The van der Waals surface area contributed by atoms with E-state index in [1.807, 2.05) is 39.2 Å². The van der Waals surface area contributed by atoms with Crippen LogP contribution in [0.5, 0.6) is 0 Å². The van der Waals surface area contributed by atoms with Crippen LogP contribution in [0.4, 0.5) is 0 Å². The number of amides is 1. The van der Waals surface area contributed by atoms with Gasteiger partial charge >= 0.3 is 0 Å². The Morgan fingerprint density at radius 1 is 1.29 bits per heavy atom. The van der Waals surface area contributed by atoms with Crippen molar-refractivity contribution >= 4 is 5.91 Å². The van der Waals surface area contributed by atoms with Crippen molar-refractivity contribution < 1.29 is 4.79 Å². The lowest BCUT2D eigenvalue weighted by molar-refractivity contribution is -0.120. The highest BCUT2D eigenvalue weighted by Crippen LogP contribution is 2.06. The number of carbonyl (C=O) groups excluding carboxylic acids is 1. The van der Waals surface area contributed by atoms with Gasteiger partial charge in [-0.3, -0.25) is 4.79 Å². The summed E-state index contributed by atoms with van der Waals surface area (Å²) in [4.78, 5) is 13.4. The van der Waals surface area contributed by atoms with Gasteiger partial charge in [0.15, 0.2) is 0 Å². The topological polar surface area (TPSA) is 32.3 Å². The van der Waals surface area contributed by atoms with Crippen molar-refractivity contribution in [1.29, 1.82) is 0 Å². The first-order valence-electron chi connectivity index (χ1n) is 6.10. The minimum atomic E-state index is 0.116. The summed E-state index contributed by atoms with van der Waals surface area (Å²) in [6.07, 6.45) is 1.50. The Labute approximate surface area is 104 Å². The molecule has 1 atom stereocenters. The minimum absolute atomic E-state index is 0.116. The highest BCUT2D eigenvalue weighted by molar-refractivity contribution is 5.75. The summed E-state index contributed by atoms with van der Waals surface area (Å²) in [5.41, 5.74) is 1.30. The third kappa shape index (κ3) is 5.00. The highest BCUT2D eigenvalue weighted by atomic mass is 16.1. The summed E-state index contributed by atoms with van der Waals surface area (Å²) in [5, 5.41) is 2.95. The summed E-state index contributed by atoms with van der Waals surface area (Å²) in [6.45, 7) is 2.58. The molecule has 0 heterocycles. The molecular formula is C14H22N2O. The van der Waals surface area contributed by atoms with Crippen molar-refractivity contribution in [2.75, 3.05) is 20.6 Å². The Balaban J connectivity index is 2.52. The molecule has 0 unspecified atom stereocenters. The minimum Gasteiger partial charge on any atom is -0.355 e. The van der Waals surface area contributed by atoms with Crippen molar-refractivity contribution in [2.45, 2.75) is 25.8 Å². The fourth-order valence-electron chi connectivity index (χ4n) is 1.68. The molecule has 0 saturated heterocycles. The molecule has 1 amide bonds. The number of carbonyl (C=O) groups is 1. The van der Waals surface area contributed by atoms with Crippen LogP contribution in [-0.2, 0) is 11.2 Å². The van der Waals surface area contributed by atoms with Gasteiger partial charge in [-0.2, -0.15) is 0 Å². The lowest BCUT2D eigenvalue weighted by atomic mass is 10.1. The van der Waals surface area contributed by atoms with E-state index in [0.717, 1.165) is 6.42 Å². The second-order valence-electron chi connectivity index (χ2n) is 4.46. The fraction of sp³-hybridized carbons (Fsp3) is 0.500. The maximum Gasteiger partial charge on any atom is 0.219 e. The van der Waals surface area contributed by atoms with E-state index in [9.17, 15) is 4.79 Å². The first-order chi connectivity index (χ1) is 8.13. The molecule has 0 spiro atoms. The molecule has 1 N–H and O–H groups in total. The molecule has 0 radical (unpaired) electrons. The van der Waals surface area contributed by atoms with Gasteiger partial charge in [0.05, 0.1) is 0 Å². The summed E-state index contributed by atoms with van der Waals surface area (Å²) in [5.74, 6) is 0.116. The Morgan fingerprint density at radius 3 is 2.47 bits per heavy atom. The quantitative estimate of drug-likeness (QED) is 0.812. The number of benzene rings is 1. The molecule has 1 aromatic carbocycles. The van der Waals surface area contributed by atoms with Gasteiger partial charge in [-0.1, -0.05) is 37.3 Å². The van der Waals surface area contributed by atoms with Crippen molar-refractivity contribution in [3.8, 4) is 0 Å². The third-order valence-electron chi connectivity index (χ3n) is 2.90. The largest absolute Gasteiger partial charge is 0.355 e. The van der Waals surface area contributed by atoms with E-state index < -0.39 is 0 Å². The van der Waals surface area contributed by atoms with E-state index >= 15 is 0 Å². The first-order valence-corrected chi connectivity index (χ1v) is 6.10. The second-order valence-corrected chi connectivity index (χ2v) is 4.46. The van der Waals surface area contributed by atoms with Gasteiger partial charge in [0.25, 0.3) is 0 Å². The standard InChI is InChI=1S/C14H22N2O/c1-4-14(17)15-11-13(16(2)3)10-12-8-6-5-7-9-12/h5-9,13H,4,10-11H2,1-3H3,(H,15,17)/t13-/m0/s1. The number of nitrogens with one attached hydrogen (secondary N) is 1. The van der Waals surface area contributed by atoms with E-state index in [0.29, 0.717) is 19.0 Å². The Hall–Kier alpha value is -1.35. The van der Waals surface area contributed by atoms with Crippen LogP contribution in [0, 0.1) is 0 Å². The van der Waals surface area contributed by atoms with Gasteiger partial charge in [-0.25, -0.2) is 0 Å². The molecule has 94 valence electrons. The normalized spacial score (nSPS) is 12.5. The molecule has 0 saturated carbocycles. The predicted molar refractivity (Wildman–Crippen MR) is 70.9 cm³/mol. The van der Waals surface area contributed by atoms with E-state index in [-0.39, 0.29) is 5.91 Å². The van der Waals surface area contributed by atoms with Crippen LogP contribution in [0.2, 0.25) is 0 Å². The number of hydrogen-bond acceptors (Lipinski definition) is 2. The van der Waals surface area contributed by atoms with Gasteiger partial charge < -0.3 is 10.2 Å². The van der Waals surface area contributed by atoms with Gasteiger partial charge in [0.1, 0.15) is 0 Å². The van der Waals surface area contributed by atoms with Gasteiger partial charge in [-0.05, 0) is 26.1 Å². The summed E-state index contributed by atoms with van der Waals surface area (Å²) < 4.78 is 0. The van der Waals surface area contributed by atoms with E-state index in [1.54, 1.807) is 0 Å². The lowest BCUT2D eigenvalue weighted by Gasteiger charge is -2.24. The van der Waals surface area contributed by atoms with Gasteiger partial charge in [0.2, 0.25) is 5.91 Å². The summed E-state index contributed by atoms with van der Waals surface area (Å²) in [7, 11) is 4.09. The molecule has 0 aliphatic carbocycles. The smallest absolute Gasteiger partial charge is 0.219 e. The van der Waals surface area contributed by atoms with E-state index in [4.69, 9.17) is 0 Å². The zero-order valence-electron chi connectivity index (χ0n) is 10.9. The van der Waals surface area contributed by atoms with Crippen LogP contribution in [-0.4, -0.2) is 37.5 Å². The molecule has 0 aliphatic rings. The van der Waals surface area contributed by atoms with Crippen LogP contribution < -0.4 is 5.32 Å². The molecule has 0 fully saturated rings. The lowest BCUT2D eigenvalue weighted by Crippen LogP contribution is -2.41. The number of nitrogens with zero attached hydrogens (tertiary/aromatic N) is 1. The van der Waals surface area contributed by atoms with Crippen molar-refractivity contribution in [3.63, 3.8) is 0 Å². The first kappa shape index (κ1) is 13.7. The average molecular weight is 234 g/mol. The van der Waals surface area contributed by atoms with Crippen LogP contribution in [0.25, 0.3) is 0 Å². The van der Waals surface area contributed by atoms with E-state index in [2.05, 4.69) is 22.3 Å². The average Bonchev–Trinajstić information content (AvgIpc) is 2.34. The van der Waals surface area contributed by atoms with Crippen LogP contribution in [0.15, 0.2) is 30.3 Å². The van der Waals surface area contributed by atoms with Crippen molar-refractivity contribution in [1.82, 2.24) is 10.2 Å². The van der Waals surface area contributed by atoms with E-state index in [1.165, 1.54) is 5.56 Å². The Bertz CT molecular complexity index is 335. The predicted octanol–water partition coefficient (Wildman–Crippen LogP) is 1.69. The second kappa shape index (κ2) is 7.07. The van der Waals surface area contributed by atoms with Crippen LogP contribution in [0.1, 0.15) is 18.9 Å². The molecule has 0 aromatic heterocycles. The molecule has 1 rings (SSSR count).